The monoisotopic (exact) mass is 425 g/mol. The van der Waals surface area contributed by atoms with E-state index in [0.29, 0.717) is 29.4 Å². The number of sulfone groups is 1. The maximum absolute atomic E-state index is 12.7. The van der Waals surface area contributed by atoms with Crippen LogP contribution in [0, 0.1) is 0 Å². The van der Waals surface area contributed by atoms with Crippen LogP contribution in [0.5, 0.6) is 17.2 Å². The van der Waals surface area contributed by atoms with Gasteiger partial charge in [-0.15, -0.1) is 0 Å². The molecule has 11 heteroatoms. The first-order chi connectivity index (χ1) is 13.8. The minimum absolute atomic E-state index is 0.0178. The molecule has 158 valence electrons. The summed E-state index contributed by atoms with van der Waals surface area (Å²) in [5.74, 6) is 0.256. The maximum atomic E-state index is 12.7. The highest BCUT2D eigenvalue weighted by Crippen LogP contribution is 2.40. The average molecular weight is 425 g/mol. The Balaban J connectivity index is 1.81. The summed E-state index contributed by atoms with van der Waals surface area (Å²) >= 11 is 0. The number of rotatable bonds is 6. The fourth-order valence-electron chi connectivity index (χ4n) is 3.34. The molecule has 0 bridgehead atoms. The number of hydrogen-bond donors (Lipinski definition) is 1. The van der Waals surface area contributed by atoms with E-state index < -0.39 is 21.8 Å². The summed E-state index contributed by atoms with van der Waals surface area (Å²) in [6.07, 6.45) is 0.586. The van der Waals surface area contributed by atoms with Crippen LogP contribution in [0.3, 0.4) is 0 Å². The molecule has 2 aliphatic heterocycles. The number of hydrazone groups is 1. The summed E-state index contributed by atoms with van der Waals surface area (Å²) in [7, 11) is 1.23. The van der Waals surface area contributed by atoms with Crippen molar-refractivity contribution in [3.63, 3.8) is 0 Å². The quantitative estimate of drug-likeness (QED) is 0.715. The summed E-state index contributed by atoms with van der Waals surface area (Å²) < 4.78 is 39.2. The Morgan fingerprint density at radius 1 is 1.14 bits per heavy atom. The normalized spacial score (nSPS) is 20.8. The molecule has 1 atom stereocenters. The second-order valence-electron chi connectivity index (χ2n) is 6.71. The van der Waals surface area contributed by atoms with Crippen molar-refractivity contribution in [3.05, 3.63) is 12.1 Å². The van der Waals surface area contributed by atoms with Crippen LogP contribution in [-0.4, -0.2) is 69.8 Å². The molecule has 10 nitrogen and oxygen atoms in total. The van der Waals surface area contributed by atoms with Gasteiger partial charge >= 0.3 is 0 Å². The number of carbonyl (C=O) groups is 2. The van der Waals surface area contributed by atoms with Crippen molar-refractivity contribution in [1.29, 1.82) is 0 Å². The van der Waals surface area contributed by atoms with Crippen molar-refractivity contribution in [2.45, 2.75) is 25.3 Å². The third-order valence-electron chi connectivity index (χ3n) is 4.80. The van der Waals surface area contributed by atoms with Gasteiger partial charge in [-0.25, -0.2) is 13.4 Å². The SMILES string of the molecule is COc1cc(NC(=O)C2=NN(C3CCS(=O)(=O)C3)C(=O)CC2)cc(OC)c1OC. The number of hydrogen-bond acceptors (Lipinski definition) is 8. The van der Waals surface area contributed by atoms with Crippen LogP contribution in [0.1, 0.15) is 19.3 Å². The van der Waals surface area contributed by atoms with Gasteiger partial charge in [0.25, 0.3) is 5.91 Å². The Labute approximate surface area is 168 Å². The fourth-order valence-corrected chi connectivity index (χ4v) is 5.04. The summed E-state index contributed by atoms with van der Waals surface area (Å²) in [6, 6.07) is 2.63. The Morgan fingerprint density at radius 2 is 1.79 bits per heavy atom. The zero-order valence-electron chi connectivity index (χ0n) is 16.4. The standard InChI is InChI=1S/C18H23N3O7S/c1-26-14-8-11(9-15(27-2)17(14)28-3)19-18(23)13-4-5-16(22)21(20-13)12-6-7-29(24,25)10-12/h8-9,12H,4-7,10H2,1-3H3,(H,19,23). The molecule has 1 aromatic rings. The van der Waals surface area contributed by atoms with Gasteiger partial charge in [0.2, 0.25) is 11.7 Å². The van der Waals surface area contributed by atoms with E-state index in [0.717, 1.165) is 5.01 Å². The van der Waals surface area contributed by atoms with E-state index in [-0.39, 0.29) is 36.0 Å². The number of anilines is 1. The summed E-state index contributed by atoms with van der Waals surface area (Å²) in [4.78, 5) is 24.9. The van der Waals surface area contributed by atoms with Crippen LogP contribution in [0.2, 0.25) is 0 Å². The average Bonchev–Trinajstić information content (AvgIpc) is 3.06. The second-order valence-corrected chi connectivity index (χ2v) is 8.94. The maximum Gasteiger partial charge on any atom is 0.271 e. The van der Waals surface area contributed by atoms with Crippen molar-refractivity contribution in [1.82, 2.24) is 5.01 Å². The lowest BCUT2D eigenvalue weighted by atomic mass is 10.1. The molecular weight excluding hydrogens is 402 g/mol. The predicted molar refractivity (Wildman–Crippen MR) is 105 cm³/mol. The smallest absolute Gasteiger partial charge is 0.271 e. The number of carbonyl (C=O) groups excluding carboxylic acids is 2. The Kier molecular flexibility index (Phi) is 5.96. The second kappa shape index (κ2) is 8.27. The van der Waals surface area contributed by atoms with Crippen molar-refractivity contribution < 1.29 is 32.2 Å². The first-order valence-corrected chi connectivity index (χ1v) is 10.8. The van der Waals surface area contributed by atoms with Gasteiger partial charge in [-0.2, -0.15) is 5.10 Å². The van der Waals surface area contributed by atoms with E-state index in [2.05, 4.69) is 10.4 Å². The molecule has 1 unspecified atom stereocenters. The van der Waals surface area contributed by atoms with Crippen molar-refractivity contribution >= 4 is 33.1 Å². The van der Waals surface area contributed by atoms with E-state index in [9.17, 15) is 18.0 Å². The number of nitrogens with zero attached hydrogens (tertiary/aromatic N) is 2. The molecule has 0 aromatic heterocycles. The van der Waals surface area contributed by atoms with E-state index in [1.54, 1.807) is 12.1 Å². The molecule has 2 heterocycles. The zero-order chi connectivity index (χ0) is 21.2. The van der Waals surface area contributed by atoms with Gasteiger partial charge < -0.3 is 19.5 Å². The van der Waals surface area contributed by atoms with Crippen LogP contribution >= 0.6 is 0 Å². The lowest BCUT2D eigenvalue weighted by Gasteiger charge is -2.27. The first kappa shape index (κ1) is 20.9. The highest BCUT2D eigenvalue weighted by atomic mass is 32.2. The molecule has 2 aliphatic rings. The van der Waals surface area contributed by atoms with Gasteiger partial charge in [0.15, 0.2) is 21.3 Å². The first-order valence-electron chi connectivity index (χ1n) is 8.99. The lowest BCUT2D eigenvalue weighted by Crippen LogP contribution is -2.42. The number of benzene rings is 1. The Hall–Kier alpha value is -2.82. The lowest BCUT2D eigenvalue weighted by molar-refractivity contribution is -0.133. The fraction of sp³-hybridized carbons (Fsp3) is 0.500. The number of nitrogens with one attached hydrogen (secondary N) is 1. The van der Waals surface area contributed by atoms with Gasteiger partial charge in [0.1, 0.15) is 5.71 Å². The van der Waals surface area contributed by atoms with Crippen LogP contribution in [0.15, 0.2) is 17.2 Å². The van der Waals surface area contributed by atoms with Gasteiger partial charge in [-0.05, 0) is 6.42 Å². The highest BCUT2D eigenvalue weighted by molar-refractivity contribution is 7.91. The van der Waals surface area contributed by atoms with E-state index in [1.165, 1.54) is 21.3 Å². The predicted octanol–water partition coefficient (Wildman–Crippen LogP) is 0.816. The van der Waals surface area contributed by atoms with E-state index in [1.807, 2.05) is 0 Å². The number of ether oxygens (including phenoxy) is 3. The molecule has 1 fully saturated rings. The van der Waals surface area contributed by atoms with Crippen molar-refractivity contribution in [2.75, 3.05) is 38.2 Å². The molecule has 0 aliphatic carbocycles. The molecule has 0 saturated carbocycles. The van der Waals surface area contributed by atoms with Crippen molar-refractivity contribution in [3.8, 4) is 17.2 Å². The highest BCUT2D eigenvalue weighted by Gasteiger charge is 2.37. The Bertz CT molecular complexity index is 933. The Morgan fingerprint density at radius 3 is 2.31 bits per heavy atom. The number of amides is 2. The third-order valence-corrected chi connectivity index (χ3v) is 6.55. The summed E-state index contributed by atoms with van der Waals surface area (Å²) in [5, 5.41) is 8.03. The zero-order valence-corrected chi connectivity index (χ0v) is 17.2. The third kappa shape index (κ3) is 4.44. The van der Waals surface area contributed by atoms with Crippen LogP contribution in [0.4, 0.5) is 5.69 Å². The molecule has 1 aromatic carbocycles. The van der Waals surface area contributed by atoms with Crippen LogP contribution < -0.4 is 19.5 Å². The number of methoxy groups -OCH3 is 3. The molecule has 3 rings (SSSR count). The largest absolute Gasteiger partial charge is 0.493 e. The summed E-state index contributed by atoms with van der Waals surface area (Å²) in [5.41, 5.74) is 0.557. The van der Waals surface area contributed by atoms with Gasteiger partial charge in [-0.3, -0.25) is 9.59 Å². The minimum Gasteiger partial charge on any atom is -0.493 e. The summed E-state index contributed by atoms with van der Waals surface area (Å²) in [6.45, 7) is 0. The molecule has 29 heavy (non-hydrogen) atoms. The molecule has 1 saturated heterocycles. The molecule has 1 N–H and O–H groups in total. The minimum atomic E-state index is -3.18. The van der Waals surface area contributed by atoms with Gasteiger partial charge in [-0.1, -0.05) is 0 Å². The molecule has 0 spiro atoms. The van der Waals surface area contributed by atoms with Crippen LogP contribution in [0.25, 0.3) is 0 Å². The van der Waals surface area contributed by atoms with E-state index >= 15 is 0 Å². The van der Waals surface area contributed by atoms with Gasteiger partial charge in [0.05, 0.1) is 38.9 Å². The topological polar surface area (TPSA) is 124 Å². The molecule has 0 radical (unpaired) electrons. The van der Waals surface area contributed by atoms with E-state index in [4.69, 9.17) is 14.2 Å². The van der Waals surface area contributed by atoms with Crippen molar-refractivity contribution in [2.24, 2.45) is 5.10 Å². The molecule has 2 amide bonds. The molecular formula is C18H23N3O7S. The van der Waals surface area contributed by atoms with Gasteiger partial charge in [0, 0.05) is 30.7 Å². The van der Waals surface area contributed by atoms with Crippen LogP contribution in [-0.2, 0) is 19.4 Å².